The van der Waals surface area contributed by atoms with Crippen molar-refractivity contribution in [1.29, 1.82) is 0 Å². The zero-order chi connectivity index (χ0) is 50.0. The molecule has 0 aromatic carbocycles. The number of allylic oxidation sites excluding steroid dienone is 2. The Kier molecular flexibility index (Phi) is 57.1. The zero-order valence-corrected chi connectivity index (χ0v) is 46.9. The molecule has 408 valence electrons. The van der Waals surface area contributed by atoms with Crippen molar-refractivity contribution >= 4 is 17.9 Å². The molecule has 0 bridgehead atoms. The van der Waals surface area contributed by atoms with Crippen molar-refractivity contribution < 1.29 is 28.6 Å². The first-order valence-electron chi connectivity index (χ1n) is 31.2. The van der Waals surface area contributed by atoms with Gasteiger partial charge >= 0.3 is 17.9 Å². The maximum absolute atomic E-state index is 12.9. The second-order valence-electron chi connectivity index (χ2n) is 21.3. The molecule has 0 aliphatic carbocycles. The molecule has 0 saturated heterocycles. The van der Waals surface area contributed by atoms with E-state index in [9.17, 15) is 14.4 Å². The van der Waals surface area contributed by atoms with Gasteiger partial charge < -0.3 is 14.2 Å². The Bertz CT molecular complexity index is 1070. The first kappa shape index (κ1) is 67.1. The highest BCUT2D eigenvalue weighted by Crippen LogP contribution is 2.18. The Balaban J connectivity index is 4.17. The number of hydrogen-bond donors (Lipinski definition) is 0. The molecule has 0 aromatic rings. The van der Waals surface area contributed by atoms with Gasteiger partial charge in [0.05, 0.1) is 0 Å². The van der Waals surface area contributed by atoms with Crippen LogP contribution in [0.5, 0.6) is 0 Å². The largest absolute Gasteiger partial charge is 0.462 e. The van der Waals surface area contributed by atoms with Gasteiger partial charge in [-0.3, -0.25) is 14.4 Å². The van der Waals surface area contributed by atoms with Crippen molar-refractivity contribution in [3.63, 3.8) is 0 Å². The topological polar surface area (TPSA) is 78.9 Å². The van der Waals surface area contributed by atoms with Crippen LogP contribution in [0, 0.1) is 0 Å². The molecular formula is C63H120O6. The highest BCUT2D eigenvalue weighted by molar-refractivity contribution is 5.71. The Morgan fingerprint density at radius 1 is 0.275 bits per heavy atom. The van der Waals surface area contributed by atoms with Crippen molar-refractivity contribution in [2.24, 2.45) is 0 Å². The molecule has 0 saturated carbocycles. The van der Waals surface area contributed by atoms with Crippen molar-refractivity contribution in [3.8, 4) is 0 Å². The lowest BCUT2D eigenvalue weighted by molar-refractivity contribution is -0.167. The Morgan fingerprint density at radius 2 is 0.478 bits per heavy atom. The van der Waals surface area contributed by atoms with E-state index in [2.05, 4.69) is 32.9 Å². The molecule has 0 radical (unpaired) electrons. The van der Waals surface area contributed by atoms with Gasteiger partial charge in [0, 0.05) is 19.3 Å². The van der Waals surface area contributed by atoms with E-state index in [1.807, 2.05) is 0 Å². The summed E-state index contributed by atoms with van der Waals surface area (Å²) in [6.07, 6.45) is 68.0. The van der Waals surface area contributed by atoms with Gasteiger partial charge in [-0.1, -0.05) is 303 Å². The minimum atomic E-state index is -0.767. The summed E-state index contributed by atoms with van der Waals surface area (Å²) in [6.45, 7) is 6.68. The van der Waals surface area contributed by atoms with Gasteiger partial charge in [-0.2, -0.15) is 0 Å². The summed E-state index contributed by atoms with van der Waals surface area (Å²) in [6, 6.07) is 0. The lowest BCUT2D eigenvalue weighted by atomic mass is 10.0. The van der Waals surface area contributed by atoms with Crippen LogP contribution in [0.15, 0.2) is 12.2 Å². The fourth-order valence-electron chi connectivity index (χ4n) is 9.56. The maximum Gasteiger partial charge on any atom is 0.306 e. The van der Waals surface area contributed by atoms with Crippen LogP contribution in [0.1, 0.15) is 355 Å². The quantitative estimate of drug-likeness (QED) is 0.0261. The minimum Gasteiger partial charge on any atom is -0.462 e. The van der Waals surface area contributed by atoms with E-state index in [0.29, 0.717) is 19.3 Å². The average molecular weight is 974 g/mol. The zero-order valence-electron chi connectivity index (χ0n) is 46.9. The molecule has 1 unspecified atom stereocenters. The number of carbonyl (C=O) groups is 3. The molecule has 0 spiro atoms. The standard InChI is InChI=1S/C63H120O6/c1-4-7-10-13-16-19-22-24-26-28-29-30-31-32-33-34-36-37-39-41-44-47-50-53-56-62(65)68-59-60(58-67-61(64)55-52-49-46-43-21-18-15-12-9-6-3)69-63(66)57-54-51-48-45-42-40-38-35-27-25-23-20-17-14-11-8-5-2/h25,27,60H,4-24,26,28-59H2,1-3H3/b27-25-. The van der Waals surface area contributed by atoms with E-state index in [1.54, 1.807) is 0 Å². The number of carbonyl (C=O) groups excluding carboxylic acids is 3. The van der Waals surface area contributed by atoms with E-state index in [1.165, 1.54) is 257 Å². The molecule has 0 amide bonds. The van der Waals surface area contributed by atoms with Crippen LogP contribution in [-0.4, -0.2) is 37.2 Å². The Hall–Kier alpha value is -1.85. The molecule has 0 fully saturated rings. The fourth-order valence-corrected chi connectivity index (χ4v) is 9.56. The lowest BCUT2D eigenvalue weighted by Crippen LogP contribution is -2.30. The summed E-state index contributed by atoms with van der Waals surface area (Å²) in [4.78, 5) is 38.1. The van der Waals surface area contributed by atoms with Gasteiger partial charge in [-0.15, -0.1) is 0 Å². The highest BCUT2D eigenvalue weighted by Gasteiger charge is 2.19. The summed E-state index contributed by atoms with van der Waals surface area (Å²) < 4.78 is 16.9. The predicted octanol–water partition coefficient (Wildman–Crippen LogP) is 20.9. The van der Waals surface area contributed by atoms with Gasteiger partial charge in [-0.05, 0) is 44.9 Å². The van der Waals surface area contributed by atoms with Crippen LogP contribution in [0.3, 0.4) is 0 Å². The first-order valence-corrected chi connectivity index (χ1v) is 31.2. The van der Waals surface area contributed by atoms with Crippen molar-refractivity contribution in [2.75, 3.05) is 13.2 Å². The summed E-state index contributed by atoms with van der Waals surface area (Å²) in [5.41, 5.74) is 0. The third-order valence-corrected chi connectivity index (χ3v) is 14.3. The Morgan fingerprint density at radius 3 is 0.725 bits per heavy atom. The van der Waals surface area contributed by atoms with Gasteiger partial charge in [-0.25, -0.2) is 0 Å². The van der Waals surface area contributed by atoms with Crippen LogP contribution in [0.25, 0.3) is 0 Å². The number of esters is 3. The summed E-state index contributed by atoms with van der Waals surface area (Å²) >= 11 is 0. The lowest BCUT2D eigenvalue weighted by Gasteiger charge is -2.18. The number of unbranched alkanes of at least 4 members (excludes halogenated alkanes) is 45. The van der Waals surface area contributed by atoms with Crippen molar-refractivity contribution in [3.05, 3.63) is 12.2 Å². The van der Waals surface area contributed by atoms with Crippen LogP contribution in [0.2, 0.25) is 0 Å². The number of hydrogen-bond acceptors (Lipinski definition) is 6. The van der Waals surface area contributed by atoms with E-state index < -0.39 is 6.10 Å². The van der Waals surface area contributed by atoms with E-state index in [-0.39, 0.29) is 31.1 Å². The fraction of sp³-hybridized carbons (Fsp3) is 0.921. The van der Waals surface area contributed by atoms with Crippen LogP contribution < -0.4 is 0 Å². The van der Waals surface area contributed by atoms with Crippen LogP contribution >= 0.6 is 0 Å². The maximum atomic E-state index is 12.9. The average Bonchev–Trinajstić information content (AvgIpc) is 3.35. The highest BCUT2D eigenvalue weighted by atomic mass is 16.6. The van der Waals surface area contributed by atoms with Crippen LogP contribution in [-0.2, 0) is 28.6 Å². The molecule has 6 nitrogen and oxygen atoms in total. The summed E-state index contributed by atoms with van der Waals surface area (Å²) in [7, 11) is 0. The van der Waals surface area contributed by atoms with Crippen molar-refractivity contribution in [1.82, 2.24) is 0 Å². The van der Waals surface area contributed by atoms with E-state index in [0.717, 1.165) is 57.8 Å². The molecule has 0 aliphatic heterocycles. The van der Waals surface area contributed by atoms with Gasteiger partial charge in [0.25, 0.3) is 0 Å². The Labute approximate surface area is 431 Å². The van der Waals surface area contributed by atoms with E-state index in [4.69, 9.17) is 14.2 Å². The normalized spacial score (nSPS) is 12.0. The van der Waals surface area contributed by atoms with E-state index >= 15 is 0 Å². The second kappa shape index (κ2) is 58.7. The molecule has 0 aromatic heterocycles. The third kappa shape index (κ3) is 56.9. The van der Waals surface area contributed by atoms with Crippen molar-refractivity contribution in [2.45, 2.75) is 361 Å². The van der Waals surface area contributed by atoms with Crippen LogP contribution in [0.4, 0.5) is 0 Å². The molecule has 6 heteroatoms. The smallest absolute Gasteiger partial charge is 0.306 e. The van der Waals surface area contributed by atoms with Gasteiger partial charge in [0.15, 0.2) is 6.10 Å². The minimum absolute atomic E-state index is 0.0657. The molecule has 0 N–H and O–H groups in total. The molecule has 0 heterocycles. The monoisotopic (exact) mass is 973 g/mol. The molecule has 0 rings (SSSR count). The second-order valence-corrected chi connectivity index (χ2v) is 21.3. The SMILES string of the molecule is CCCCCCCC/C=C\CCCCCCCCCC(=O)OC(COC(=O)CCCCCCCCCCCC)COC(=O)CCCCCCCCCCCCCCCCCCCCCCCCCC. The predicted molar refractivity (Wildman–Crippen MR) is 298 cm³/mol. The first-order chi connectivity index (χ1) is 34.0. The number of rotatable bonds is 58. The molecular weight excluding hydrogens is 853 g/mol. The summed E-state index contributed by atoms with van der Waals surface area (Å²) in [5.74, 6) is -0.846. The third-order valence-electron chi connectivity index (χ3n) is 14.3. The molecule has 1 atom stereocenters. The van der Waals surface area contributed by atoms with Gasteiger partial charge in [0.1, 0.15) is 13.2 Å². The summed E-state index contributed by atoms with van der Waals surface area (Å²) in [5, 5.41) is 0. The van der Waals surface area contributed by atoms with Gasteiger partial charge in [0.2, 0.25) is 0 Å². The molecule has 69 heavy (non-hydrogen) atoms. The number of ether oxygens (including phenoxy) is 3. The molecule has 0 aliphatic rings.